The van der Waals surface area contributed by atoms with Crippen molar-refractivity contribution in [2.75, 3.05) is 56.7 Å². The van der Waals surface area contributed by atoms with Gasteiger partial charge in [0.25, 0.3) is 6.47 Å². The zero-order valence-electron chi connectivity index (χ0n) is 25.1. The van der Waals surface area contributed by atoms with Gasteiger partial charge in [-0.2, -0.15) is 0 Å². The molecule has 0 spiro atoms. The number of carboxylic acid groups (broad SMARTS) is 1. The summed E-state index contributed by atoms with van der Waals surface area (Å²) in [5, 5.41) is 19.2. The Kier molecular flexibility index (Phi) is 10.7. The van der Waals surface area contributed by atoms with Gasteiger partial charge >= 0.3 is 0 Å². The summed E-state index contributed by atoms with van der Waals surface area (Å²) in [4.78, 5) is 13.1. The fraction of sp³-hybridized carbons (Fsp3) is 0.382. The fourth-order valence-corrected chi connectivity index (χ4v) is 6.39. The lowest BCUT2D eigenvalue weighted by molar-refractivity contribution is -0.122. The average molecular weight is 621 g/mol. The number of hydrogen-bond donors (Lipinski definition) is 3. The predicted octanol–water partition coefficient (Wildman–Crippen LogP) is 4.89. The largest absolute Gasteiger partial charge is 0.493 e. The SMILES string of the molecule is CCc1ccc(N2CCc3c(n(N)c4ccc(Cl)cc34)C2c2ccc(OCCC(O)CN3CCOCC3)cc2)cc1.O=CO. The molecule has 9 nitrogen and oxygen atoms in total. The number of fused-ring (bicyclic) bond motifs is 3. The monoisotopic (exact) mass is 620 g/mol. The van der Waals surface area contributed by atoms with Crippen molar-refractivity contribution in [2.24, 2.45) is 0 Å². The van der Waals surface area contributed by atoms with E-state index in [9.17, 15) is 5.11 Å². The number of nitrogens with zero attached hydrogens (tertiary/aromatic N) is 3. The molecule has 4 aromatic rings. The van der Waals surface area contributed by atoms with E-state index in [1.54, 1.807) is 0 Å². The standard InChI is InChI=1S/C33H39ClN4O3.CH2O2/c1-2-23-3-8-26(9-4-23)37-15-13-29-30-21-25(34)7-12-31(30)38(35)33(29)32(37)24-5-10-28(11-6-24)41-18-14-27(39)22-36-16-19-40-20-17-36;2-1-3/h3-12,21,27,32,39H,2,13-20,22,35H2,1H3;1H,(H,2,3). The fourth-order valence-electron chi connectivity index (χ4n) is 6.21. The maximum atomic E-state index is 10.5. The summed E-state index contributed by atoms with van der Waals surface area (Å²) in [5.74, 6) is 7.60. The van der Waals surface area contributed by atoms with Crippen LogP contribution in [0.5, 0.6) is 5.75 Å². The Labute approximate surface area is 263 Å². The van der Waals surface area contributed by atoms with Crippen LogP contribution >= 0.6 is 11.6 Å². The second kappa shape index (κ2) is 14.8. The Bertz CT molecular complexity index is 1520. The highest BCUT2D eigenvalue weighted by Gasteiger charge is 2.34. The Morgan fingerprint density at radius 3 is 2.45 bits per heavy atom. The molecule has 1 fully saturated rings. The van der Waals surface area contributed by atoms with Crippen molar-refractivity contribution in [3.05, 3.63) is 94.1 Å². The average Bonchev–Trinajstić information content (AvgIpc) is 3.32. The third-order valence-electron chi connectivity index (χ3n) is 8.45. The molecular formula is C34H41ClN4O5. The maximum Gasteiger partial charge on any atom is 0.290 e. The van der Waals surface area contributed by atoms with Crippen LogP contribution in [-0.4, -0.2) is 78.4 Å². The second-order valence-electron chi connectivity index (χ2n) is 11.1. The van der Waals surface area contributed by atoms with Crippen molar-refractivity contribution in [3.63, 3.8) is 0 Å². The summed E-state index contributed by atoms with van der Waals surface area (Å²) >= 11 is 6.41. The van der Waals surface area contributed by atoms with E-state index in [2.05, 4.69) is 53.1 Å². The number of nitrogen functional groups attached to an aromatic ring is 1. The van der Waals surface area contributed by atoms with Gasteiger partial charge in [0.05, 0.1) is 43.2 Å². The smallest absolute Gasteiger partial charge is 0.290 e. The first-order valence-corrected chi connectivity index (χ1v) is 15.5. The lowest BCUT2D eigenvalue weighted by Crippen LogP contribution is -2.41. The first-order valence-electron chi connectivity index (χ1n) is 15.2. The Morgan fingerprint density at radius 2 is 1.77 bits per heavy atom. The topological polar surface area (TPSA) is 113 Å². The van der Waals surface area contributed by atoms with E-state index >= 15 is 0 Å². The number of halogens is 1. The molecule has 0 radical (unpaired) electrons. The van der Waals surface area contributed by atoms with Gasteiger partial charge in [-0.25, -0.2) is 0 Å². The molecule has 3 aromatic carbocycles. The third-order valence-corrected chi connectivity index (χ3v) is 8.68. The molecule has 10 heteroatoms. The molecule has 2 unspecified atom stereocenters. The number of aryl methyl sites for hydroxylation is 1. The Hall–Kier alpha value is -3.76. The number of benzene rings is 3. The minimum atomic E-state index is -0.416. The van der Waals surface area contributed by atoms with Crippen molar-refractivity contribution in [2.45, 2.75) is 38.3 Å². The predicted molar refractivity (Wildman–Crippen MR) is 174 cm³/mol. The first-order chi connectivity index (χ1) is 21.4. The van der Waals surface area contributed by atoms with Crippen LogP contribution in [0.1, 0.15) is 41.8 Å². The number of carbonyl (C=O) groups is 1. The van der Waals surface area contributed by atoms with Crippen LogP contribution in [0.15, 0.2) is 66.7 Å². The lowest BCUT2D eigenvalue weighted by atomic mass is 9.91. The van der Waals surface area contributed by atoms with Crippen molar-refractivity contribution in [1.82, 2.24) is 9.58 Å². The van der Waals surface area contributed by atoms with Gasteiger partial charge in [0.2, 0.25) is 0 Å². The second-order valence-corrected chi connectivity index (χ2v) is 11.6. The maximum absolute atomic E-state index is 10.5. The van der Waals surface area contributed by atoms with Gasteiger partial charge in [-0.1, -0.05) is 42.8 Å². The van der Waals surface area contributed by atoms with Gasteiger partial charge in [-0.15, -0.1) is 0 Å². The highest BCUT2D eigenvalue weighted by Crippen LogP contribution is 2.42. The minimum absolute atomic E-state index is 0.0632. The van der Waals surface area contributed by atoms with Crippen LogP contribution in [0.4, 0.5) is 5.69 Å². The molecule has 2 aliphatic heterocycles. The number of hydrogen-bond acceptors (Lipinski definition) is 7. The van der Waals surface area contributed by atoms with Crippen LogP contribution in [0.2, 0.25) is 5.02 Å². The molecule has 0 saturated carbocycles. The summed E-state index contributed by atoms with van der Waals surface area (Å²) in [6, 6.07) is 23.1. The molecule has 44 heavy (non-hydrogen) atoms. The zero-order chi connectivity index (χ0) is 31.1. The Morgan fingerprint density at radius 1 is 1.07 bits per heavy atom. The molecule has 2 aliphatic rings. The van der Waals surface area contributed by atoms with E-state index in [1.807, 2.05) is 35.0 Å². The van der Waals surface area contributed by atoms with Crippen LogP contribution in [0.3, 0.4) is 0 Å². The normalized spacial score (nSPS) is 17.4. The molecule has 0 amide bonds. The molecule has 6 rings (SSSR count). The van der Waals surface area contributed by atoms with Crippen molar-refractivity contribution in [1.29, 1.82) is 0 Å². The van der Waals surface area contributed by atoms with Gasteiger partial charge < -0.3 is 30.4 Å². The van der Waals surface area contributed by atoms with E-state index in [0.717, 1.165) is 78.6 Å². The van der Waals surface area contributed by atoms with Gasteiger partial charge in [-0.05, 0) is 72.0 Å². The van der Waals surface area contributed by atoms with E-state index in [1.165, 1.54) is 16.8 Å². The third kappa shape index (κ3) is 7.13. The summed E-state index contributed by atoms with van der Waals surface area (Å²) in [5.41, 5.74) is 6.98. The number of aliphatic hydroxyl groups excluding tert-OH is 1. The molecule has 2 atom stereocenters. The van der Waals surface area contributed by atoms with Gasteiger partial charge in [0.1, 0.15) is 5.75 Å². The number of ether oxygens (including phenoxy) is 2. The summed E-state index contributed by atoms with van der Waals surface area (Å²) < 4.78 is 13.3. The van der Waals surface area contributed by atoms with Gasteiger partial charge in [0.15, 0.2) is 0 Å². The number of anilines is 1. The number of nitrogens with two attached hydrogens (primary N) is 1. The number of rotatable bonds is 9. The quantitative estimate of drug-likeness (QED) is 0.179. The molecule has 1 saturated heterocycles. The molecular weight excluding hydrogens is 580 g/mol. The highest BCUT2D eigenvalue weighted by molar-refractivity contribution is 6.31. The Balaban J connectivity index is 0.00000123. The summed E-state index contributed by atoms with van der Waals surface area (Å²) in [6.45, 7) is 7.13. The molecule has 4 N–H and O–H groups in total. The van der Waals surface area contributed by atoms with Crippen molar-refractivity contribution >= 4 is 34.7 Å². The summed E-state index contributed by atoms with van der Waals surface area (Å²) in [6.07, 6.45) is 2.07. The van der Waals surface area contributed by atoms with Crippen LogP contribution < -0.4 is 15.5 Å². The van der Waals surface area contributed by atoms with E-state index in [-0.39, 0.29) is 12.5 Å². The summed E-state index contributed by atoms with van der Waals surface area (Å²) in [7, 11) is 0. The van der Waals surface area contributed by atoms with E-state index < -0.39 is 6.10 Å². The van der Waals surface area contributed by atoms with Crippen LogP contribution in [0, 0.1) is 0 Å². The molecule has 3 heterocycles. The number of aliphatic hydroxyl groups is 1. The van der Waals surface area contributed by atoms with Crippen LogP contribution in [0.25, 0.3) is 10.9 Å². The number of morpholine rings is 1. The molecule has 234 valence electrons. The zero-order valence-corrected chi connectivity index (χ0v) is 25.8. The van der Waals surface area contributed by atoms with Crippen molar-refractivity contribution in [3.8, 4) is 5.75 Å². The minimum Gasteiger partial charge on any atom is -0.493 e. The molecule has 0 aliphatic carbocycles. The number of β-amino-alcohol motifs (C(OH)–C–C–N with tert-alkyl or cyclic N) is 1. The van der Waals surface area contributed by atoms with E-state index in [4.69, 9.17) is 36.8 Å². The number of aromatic nitrogens is 1. The van der Waals surface area contributed by atoms with Crippen LogP contribution in [-0.2, 0) is 22.4 Å². The van der Waals surface area contributed by atoms with Crippen molar-refractivity contribution < 1.29 is 24.5 Å². The van der Waals surface area contributed by atoms with E-state index in [0.29, 0.717) is 19.6 Å². The van der Waals surface area contributed by atoms with Gasteiger partial charge in [-0.3, -0.25) is 14.4 Å². The first kappa shape index (κ1) is 31.7. The lowest BCUT2D eigenvalue weighted by Gasteiger charge is -2.38. The molecule has 1 aromatic heterocycles. The highest BCUT2D eigenvalue weighted by atomic mass is 35.5. The van der Waals surface area contributed by atoms with Gasteiger partial charge in [0, 0.05) is 48.7 Å². The molecule has 0 bridgehead atoms.